The Labute approximate surface area is 69.2 Å². The molecule has 0 spiro atoms. The first kappa shape index (κ1) is 10.9. The Kier molecular flexibility index (Phi) is 4.04. The summed E-state index contributed by atoms with van der Waals surface area (Å²) in [6.45, 7) is 7.54. The molecule has 0 aliphatic heterocycles. The highest BCUT2D eigenvalue weighted by Crippen LogP contribution is 2.22. The van der Waals surface area contributed by atoms with Gasteiger partial charge in [-0.25, -0.2) is 0 Å². The van der Waals surface area contributed by atoms with Crippen LogP contribution in [0.5, 0.6) is 0 Å². The van der Waals surface area contributed by atoms with Crippen LogP contribution in [0.4, 0.5) is 0 Å². The van der Waals surface area contributed by atoms with Gasteiger partial charge in [0.15, 0.2) is 0 Å². The largest absolute Gasteiger partial charge is 0.393 e. The van der Waals surface area contributed by atoms with Gasteiger partial charge in [-0.1, -0.05) is 13.8 Å². The molecule has 0 amide bonds. The molecule has 0 saturated heterocycles. The van der Waals surface area contributed by atoms with E-state index in [4.69, 9.17) is 5.11 Å². The van der Waals surface area contributed by atoms with Crippen molar-refractivity contribution >= 4 is 0 Å². The molecule has 68 valence electrons. The van der Waals surface area contributed by atoms with Crippen molar-refractivity contribution in [2.24, 2.45) is 5.92 Å². The summed E-state index contributed by atoms with van der Waals surface area (Å²) in [7, 11) is 0. The molecule has 0 saturated carbocycles. The standard InChI is InChI=1S/C9H20O2/c1-7(2)9(4,11)6-5-8(3)10/h7-8,10-11H,5-6H2,1-4H3. The van der Waals surface area contributed by atoms with E-state index in [2.05, 4.69) is 0 Å². The van der Waals surface area contributed by atoms with Gasteiger partial charge < -0.3 is 10.2 Å². The maximum absolute atomic E-state index is 9.73. The summed E-state index contributed by atoms with van der Waals surface area (Å²) >= 11 is 0. The molecule has 0 bridgehead atoms. The zero-order valence-corrected chi connectivity index (χ0v) is 7.96. The van der Waals surface area contributed by atoms with E-state index < -0.39 is 5.60 Å². The fourth-order valence-electron chi connectivity index (χ4n) is 0.790. The number of hydrogen-bond acceptors (Lipinski definition) is 2. The third-order valence-corrected chi connectivity index (χ3v) is 2.31. The van der Waals surface area contributed by atoms with E-state index in [1.165, 1.54) is 0 Å². The first-order chi connectivity index (χ1) is 4.86. The molecule has 0 radical (unpaired) electrons. The molecule has 0 aromatic heterocycles. The van der Waals surface area contributed by atoms with Crippen LogP contribution in [0, 0.1) is 5.92 Å². The van der Waals surface area contributed by atoms with Crippen molar-refractivity contribution in [3.63, 3.8) is 0 Å². The van der Waals surface area contributed by atoms with Crippen LogP contribution < -0.4 is 0 Å². The lowest BCUT2D eigenvalue weighted by atomic mass is 9.87. The Bertz CT molecular complexity index is 106. The Hall–Kier alpha value is -0.0800. The van der Waals surface area contributed by atoms with Gasteiger partial charge in [-0.15, -0.1) is 0 Å². The lowest BCUT2D eigenvalue weighted by molar-refractivity contribution is -0.00598. The number of aliphatic hydroxyl groups is 2. The zero-order chi connectivity index (χ0) is 9.07. The first-order valence-corrected chi connectivity index (χ1v) is 4.26. The average Bonchev–Trinajstić information content (AvgIpc) is 1.84. The smallest absolute Gasteiger partial charge is 0.0643 e. The van der Waals surface area contributed by atoms with Gasteiger partial charge >= 0.3 is 0 Å². The normalized spacial score (nSPS) is 19.9. The van der Waals surface area contributed by atoms with Gasteiger partial charge in [0.25, 0.3) is 0 Å². The SMILES string of the molecule is CC(O)CCC(C)(O)C(C)C. The molecule has 0 aliphatic carbocycles. The molecule has 0 aromatic rings. The van der Waals surface area contributed by atoms with Crippen LogP contribution in [-0.2, 0) is 0 Å². The average molecular weight is 160 g/mol. The van der Waals surface area contributed by atoms with Crippen LogP contribution in [0.15, 0.2) is 0 Å². The molecule has 2 unspecified atom stereocenters. The maximum Gasteiger partial charge on any atom is 0.0643 e. The molecule has 2 heteroatoms. The molecule has 0 rings (SSSR count). The summed E-state index contributed by atoms with van der Waals surface area (Å²) in [5.41, 5.74) is -0.628. The topological polar surface area (TPSA) is 40.5 Å². The van der Waals surface area contributed by atoms with Crippen molar-refractivity contribution in [3.05, 3.63) is 0 Å². The summed E-state index contributed by atoms with van der Waals surface area (Å²) < 4.78 is 0. The summed E-state index contributed by atoms with van der Waals surface area (Å²) in [5, 5.41) is 18.7. The molecule has 2 nitrogen and oxygen atoms in total. The second-order valence-electron chi connectivity index (χ2n) is 3.90. The van der Waals surface area contributed by atoms with Gasteiger partial charge in [0.05, 0.1) is 11.7 Å². The monoisotopic (exact) mass is 160 g/mol. The maximum atomic E-state index is 9.73. The Balaban J connectivity index is 3.73. The van der Waals surface area contributed by atoms with Crippen LogP contribution in [0.25, 0.3) is 0 Å². The third-order valence-electron chi connectivity index (χ3n) is 2.31. The van der Waals surface area contributed by atoms with E-state index >= 15 is 0 Å². The molecular formula is C9H20O2. The van der Waals surface area contributed by atoms with Gasteiger partial charge in [0.2, 0.25) is 0 Å². The lowest BCUT2D eigenvalue weighted by Crippen LogP contribution is -2.31. The van der Waals surface area contributed by atoms with E-state index in [-0.39, 0.29) is 12.0 Å². The minimum atomic E-state index is -0.628. The Morgan fingerprint density at radius 1 is 1.27 bits per heavy atom. The molecule has 0 fully saturated rings. The second-order valence-corrected chi connectivity index (χ2v) is 3.90. The molecule has 2 atom stereocenters. The van der Waals surface area contributed by atoms with Crippen LogP contribution >= 0.6 is 0 Å². The van der Waals surface area contributed by atoms with Gasteiger partial charge in [0.1, 0.15) is 0 Å². The van der Waals surface area contributed by atoms with E-state index in [0.717, 1.165) is 0 Å². The minimum Gasteiger partial charge on any atom is -0.393 e. The van der Waals surface area contributed by atoms with Crippen LogP contribution in [0.2, 0.25) is 0 Å². The molecular weight excluding hydrogens is 140 g/mol. The fourth-order valence-corrected chi connectivity index (χ4v) is 0.790. The Morgan fingerprint density at radius 2 is 1.73 bits per heavy atom. The van der Waals surface area contributed by atoms with E-state index in [1.54, 1.807) is 6.92 Å². The quantitative estimate of drug-likeness (QED) is 0.655. The van der Waals surface area contributed by atoms with E-state index in [0.29, 0.717) is 12.8 Å². The van der Waals surface area contributed by atoms with Crippen molar-refractivity contribution in [2.45, 2.75) is 52.2 Å². The van der Waals surface area contributed by atoms with Crippen molar-refractivity contribution in [3.8, 4) is 0 Å². The van der Waals surface area contributed by atoms with Crippen molar-refractivity contribution in [1.29, 1.82) is 0 Å². The third kappa shape index (κ3) is 4.38. The highest BCUT2D eigenvalue weighted by Gasteiger charge is 2.24. The summed E-state index contributed by atoms with van der Waals surface area (Å²) in [4.78, 5) is 0. The van der Waals surface area contributed by atoms with Gasteiger partial charge in [-0.05, 0) is 32.6 Å². The van der Waals surface area contributed by atoms with Gasteiger partial charge in [-0.3, -0.25) is 0 Å². The van der Waals surface area contributed by atoms with Crippen molar-refractivity contribution < 1.29 is 10.2 Å². The second kappa shape index (κ2) is 4.07. The number of aliphatic hydroxyl groups excluding tert-OH is 1. The summed E-state index contributed by atoms with van der Waals surface area (Å²) in [6.07, 6.45) is 1.04. The van der Waals surface area contributed by atoms with E-state index in [1.807, 2.05) is 20.8 Å². The molecule has 0 aliphatic rings. The van der Waals surface area contributed by atoms with Gasteiger partial charge in [0, 0.05) is 0 Å². The molecule has 2 N–H and O–H groups in total. The highest BCUT2D eigenvalue weighted by atomic mass is 16.3. The Morgan fingerprint density at radius 3 is 2.00 bits per heavy atom. The van der Waals surface area contributed by atoms with Crippen LogP contribution in [0.3, 0.4) is 0 Å². The fraction of sp³-hybridized carbons (Fsp3) is 1.00. The number of hydrogen-bond donors (Lipinski definition) is 2. The minimum absolute atomic E-state index is 0.251. The van der Waals surface area contributed by atoms with Gasteiger partial charge in [-0.2, -0.15) is 0 Å². The van der Waals surface area contributed by atoms with Crippen LogP contribution in [-0.4, -0.2) is 21.9 Å². The lowest BCUT2D eigenvalue weighted by Gasteiger charge is -2.28. The predicted octanol–water partition coefficient (Wildman–Crippen LogP) is 1.55. The van der Waals surface area contributed by atoms with E-state index in [9.17, 15) is 5.11 Å². The summed E-state index contributed by atoms with van der Waals surface area (Å²) in [5.74, 6) is 0.251. The number of rotatable bonds is 4. The molecule has 11 heavy (non-hydrogen) atoms. The zero-order valence-electron chi connectivity index (χ0n) is 7.96. The van der Waals surface area contributed by atoms with Crippen LogP contribution in [0.1, 0.15) is 40.5 Å². The molecule has 0 heterocycles. The van der Waals surface area contributed by atoms with Crippen molar-refractivity contribution in [1.82, 2.24) is 0 Å². The van der Waals surface area contributed by atoms with Crippen molar-refractivity contribution in [2.75, 3.05) is 0 Å². The predicted molar refractivity (Wildman–Crippen MR) is 46.4 cm³/mol. The summed E-state index contributed by atoms with van der Waals surface area (Å²) in [6, 6.07) is 0. The molecule has 0 aromatic carbocycles. The first-order valence-electron chi connectivity index (χ1n) is 4.26. The highest BCUT2D eigenvalue weighted by molar-refractivity contribution is 4.76.